The highest BCUT2D eigenvalue weighted by molar-refractivity contribution is 7.92. The summed E-state index contributed by atoms with van der Waals surface area (Å²) in [5.41, 5.74) is 0.664. The van der Waals surface area contributed by atoms with Crippen LogP contribution in [0.3, 0.4) is 0 Å². The Balaban J connectivity index is 2.43. The predicted molar refractivity (Wildman–Crippen MR) is 110 cm³/mol. The number of hydrogen-bond donors (Lipinski definition) is 0. The Labute approximate surface area is 166 Å². The Bertz CT molecular complexity index is 942. The molecule has 0 bridgehead atoms. The molecule has 2 rings (SSSR count). The molecule has 2 amide bonds. The zero-order valence-corrected chi connectivity index (χ0v) is 17.8. The number of carbonyl (C=O) groups excluding carboxylic acids is 2. The van der Waals surface area contributed by atoms with Gasteiger partial charge in [-0.05, 0) is 33.8 Å². The number of sulfone groups is 1. The van der Waals surface area contributed by atoms with Crippen molar-refractivity contribution in [2.24, 2.45) is 0 Å². The summed E-state index contributed by atoms with van der Waals surface area (Å²) in [7, 11) is -3.83. The summed E-state index contributed by atoms with van der Waals surface area (Å²) in [6.07, 6.45) is 1.48. The second-order valence-corrected chi connectivity index (χ2v) is 8.49. The van der Waals surface area contributed by atoms with Crippen molar-refractivity contribution in [1.82, 2.24) is 14.4 Å². The van der Waals surface area contributed by atoms with E-state index in [1.807, 2.05) is 27.7 Å². The normalized spacial score (nSPS) is 11.6. The van der Waals surface area contributed by atoms with E-state index >= 15 is 0 Å². The Morgan fingerprint density at radius 3 is 2.00 bits per heavy atom. The first-order valence-corrected chi connectivity index (χ1v) is 11.3. The number of nitrogens with zero attached hydrogens (tertiary/aromatic N) is 3. The molecule has 7 nitrogen and oxygen atoms in total. The van der Waals surface area contributed by atoms with E-state index in [9.17, 15) is 18.0 Å². The number of fused-ring (bicyclic) bond motifs is 1. The average Bonchev–Trinajstić information content (AvgIpc) is 3.03. The van der Waals surface area contributed by atoms with Crippen LogP contribution in [0.15, 0.2) is 35.4 Å². The lowest BCUT2D eigenvalue weighted by atomic mass is 10.2. The molecule has 1 aromatic heterocycles. The van der Waals surface area contributed by atoms with E-state index < -0.39 is 21.5 Å². The lowest BCUT2D eigenvalue weighted by molar-refractivity contribution is -0.131. The van der Waals surface area contributed by atoms with Crippen LogP contribution in [0.5, 0.6) is 0 Å². The van der Waals surface area contributed by atoms with Crippen LogP contribution in [-0.4, -0.2) is 66.5 Å². The topological polar surface area (TPSA) is 79.7 Å². The zero-order chi connectivity index (χ0) is 20.9. The van der Waals surface area contributed by atoms with E-state index in [4.69, 9.17) is 0 Å². The Kier molecular flexibility index (Phi) is 7.23. The van der Waals surface area contributed by atoms with Crippen molar-refractivity contribution in [3.8, 4) is 0 Å². The molecule has 0 aliphatic heterocycles. The van der Waals surface area contributed by atoms with Crippen LogP contribution in [0.4, 0.5) is 0 Å². The van der Waals surface area contributed by atoms with E-state index in [0.717, 1.165) is 0 Å². The van der Waals surface area contributed by atoms with Crippen molar-refractivity contribution in [3.63, 3.8) is 0 Å². The van der Waals surface area contributed by atoms with Crippen molar-refractivity contribution in [2.45, 2.75) is 39.1 Å². The second kappa shape index (κ2) is 9.23. The van der Waals surface area contributed by atoms with Crippen molar-refractivity contribution < 1.29 is 18.0 Å². The summed E-state index contributed by atoms with van der Waals surface area (Å²) in [5, 5.41) is 0.530. The molecule has 0 aliphatic rings. The summed E-state index contributed by atoms with van der Waals surface area (Å²) >= 11 is 0. The van der Waals surface area contributed by atoms with E-state index in [0.29, 0.717) is 37.1 Å². The molecule has 0 saturated carbocycles. The van der Waals surface area contributed by atoms with Gasteiger partial charge < -0.3 is 14.4 Å². The summed E-state index contributed by atoms with van der Waals surface area (Å²) in [6, 6.07) is 7.06. The Morgan fingerprint density at radius 2 is 1.43 bits per heavy atom. The summed E-state index contributed by atoms with van der Waals surface area (Å²) in [5.74, 6) is -1.07. The van der Waals surface area contributed by atoms with Crippen LogP contribution in [0, 0.1) is 0 Å². The number of rotatable bonds is 9. The van der Waals surface area contributed by atoms with Gasteiger partial charge in [0.15, 0.2) is 9.84 Å². The van der Waals surface area contributed by atoms with Crippen molar-refractivity contribution >= 4 is 32.6 Å². The molecule has 0 saturated heterocycles. The molecule has 0 aliphatic carbocycles. The number of amides is 2. The SMILES string of the molecule is CCN(CC)C(=O)Cn1cc(S(=O)(=O)CC(=O)N(CC)CC)c2ccccc21. The standard InChI is InChI=1S/C20H29N3O4S/c1-5-21(6-2)19(24)14-23-13-18(16-11-9-10-12-17(16)23)28(26,27)15-20(25)22(7-3)8-4/h9-13H,5-8,14-15H2,1-4H3. The van der Waals surface area contributed by atoms with E-state index in [1.165, 1.54) is 11.1 Å². The molecule has 1 heterocycles. The van der Waals surface area contributed by atoms with E-state index in [-0.39, 0.29) is 17.3 Å². The lowest BCUT2D eigenvalue weighted by Crippen LogP contribution is -2.35. The van der Waals surface area contributed by atoms with Gasteiger partial charge in [0, 0.05) is 43.3 Å². The molecular weight excluding hydrogens is 378 g/mol. The predicted octanol–water partition coefficient (Wildman–Crippen LogP) is 2.15. The summed E-state index contributed by atoms with van der Waals surface area (Å²) in [4.78, 5) is 28.2. The van der Waals surface area contributed by atoms with Crippen LogP contribution < -0.4 is 0 Å². The molecule has 0 fully saturated rings. The van der Waals surface area contributed by atoms with E-state index in [1.54, 1.807) is 33.7 Å². The number of carbonyl (C=O) groups is 2. The van der Waals surface area contributed by atoms with Crippen LogP contribution in [0.25, 0.3) is 10.9 Å². The minimum Gasteiger partial charge on any atom is -0.342 e. The molecule has 0 radical (unpaired) electrons. The molecular formula is C20H29N3O4S. The molecule has 8 heteroatoms. The second-order valence-electron chi connectivity index (χ2n) is 6.53. The van der Waals surface area contributed by atoms with Gasteiger partial charge in [-0.2, -0.15) is 0 Å². The molecule has 0 N–H and O–H groups in total. The van der Waals surface area contributed by atoms with Gasteiger partial charge in [-0.15, -0.1) is 0 Å². The lowest BCUT2D eigenvalue weighted by Gasteiger charge is -2.19. The number of para-hydroxylation sites is 1. The maximum absolute atomic E-state index is 13.0. The fraction of sp³-hybridized carbons (Fsp3) is 0.500. The quantitative estimate of drug-likeness (QED) is 0.638. The van der Waals surface area contributed by atoms with Crippen LogP contribution >= 0.6 is 0 Å². The summed E-state index contributed by atoms with van der Waals surface area (Å²) < 4.78 is 27.6. The van der Waals surface area contributed by atoms with Crippen LogP contribution in [0.1, 0.15) is 27.7 Å². The number of aromatic nitrogens is 1. The zero-order valence-electron chi connectivity index (χ0n) is 17.0. The molecule has 28 heavy (non-hydrogen) atoms. The van der Waals surface area contributed by atoms with E-state index in [2.05, 4.69) is 0 Å². The first-order valence-electron chi connectivity index (χ1n) is 9.65. The molecule has 0 atom stereocenters. The minimum absolute atomic E-state index is 0.0572. The monoisotopic (exact) mass is 407 g/mol. The van der Waals surface area contributed by atoms with Gasteiger partial charge in [0.2, 0.25) is 11.8 Å². The Morgan fingerprint density at radius 1 is 0.893 bits per heavy atom. The minimum atomic E-state index is -3.83. The highest BCUT2D eigenvalue weighted by Crippen LogP contribution is 2.26. The summed E-state index contributed by atoms with van der Waals surface area (Å²) in [6.45, 7) is 9.62. The maximum Gasteiger partial charge on any atom is 0.242 e. The van der Waals surface area contributed by atoms with Crippen molar-refractivity contribution in [2.75, 3.05) is 31.9 Å². The molecule has 0 unspecified atom stereocenters. The van der Waals surface area contributed by atoms with Gasteiger partial charge >= 0.3 is 0 Å². The van der Waals surface area contributed by atoms with Gasteiger partial charge in [-0.3, -0.25) is 9.59 Å². The van der Waals surface area contributed by atoms with Crippen LogP contribution in [0.2, 0.25) is 0 Å². The van der Waals surface area contributed by atoms with Gasteiger partial charge in [0.25, 0.3) is 0 Å². The van der Waals surface area contributed by atoms with Gasteiger partial charge in [-0.1, -0.05) is 18.2 Å². The fourth-order valence-electron chi connectivity index (χ4n) is 3.32. The molecule has 154 valence electrons. The Hall–Kier alpha value is -2.35. The smallest absolute Gasteiger partial charge is 0.242 e. The van der Waals surface area contributed by atoms with Gasteiger partial charge in [0.1, 0.15) is 12.3 Å². The third-order valence-electron chi connectivity index (χ3n) is 4.94. The van der Waals surface area contributed by atoms with Gasteiger partial charge in [0.05, 0.1) is 4.90 Å². The number of hydrogen-bond acceptors (Lipinski definition) is 4. The third kappa shape index (κ3) is 4.55. The van der Waals surface area contributed by atoms with Crippen molar-refractivity contribution in [3.05, 3.63) is 30.5 Å². The maximum atomic E-state index is 13.0. The molecule has 0 spiro atoms. The largest absolute Gasteiger partial charge is 0.342 e. The first-order chi connectivity index (χ1) is 13.3. The highest BCUT2D eigenvalue weighted by atomic mass is 32.2. The van der Waals surface area contributed by atoms with Gasteiger partial charge in [-0.25, -0.2) is 8.42 Å². The number of likely N-dealkylation sites (N-methyl/N-ethyl adjacent to an activating group) is 1. The van der Waals surface area contributed by atoms with Crippen molar-refractivity contribution in [1.29, 1.82) is 0 Å². The highest BCUT2D eigenvalue weighted by Gasteiger charge is 2.26. The third-order valence-corrected chi connectivity index (χ3v) is 6.56. The molecule has 1 aromatic carbocycles. The fourth-order valence-corrected chi connectivity index (χ4v) is 4.78. The average molecular weight is 408 g/mol. The van der Waals surface area contributed by atoms with Crippen LogP contribution in [-0.2, 0) is 26.0 Å². The first kappa shape index (κ1) is 21.9. The molecule has 2 aromatic rings. The number of benzene rings is 1.